The van der Waals surface area contributed by atoms with Gasteiger partial charge in [0.2, 0.25) is 0 Å². The maximum atomic E-state index is 6.95. The number of benzene rings is 9. The van der Waals surface area contributed by atoms with Crippen molar-refractivity contribution in [1.82, 2.24) is 0 Å². The highest BCUT2D eigenvalue weighted by molar-refractivity contribution is 5.97. The van der Waals surface area contributed by atoms with Crippen LogP contribution in [0.2, 0.25) is 0 Å². The van der Waals surface area contributed by atoms with E-state index in [1.807, 2.05) is 0 Å². The fraction of sp³-hybridized carbons (Fsp3) is 0.0714. The number of ether oxygens (including phenoxy) is 1. The molecule has 0 fully saturated rings. The van der Waals surface area contributed by atoms with Crippen LogP contribution in [0.25, 0.3) is 44.2 Å². The SMILES string of the molecule is CC1(C)c2ccccc2-c2ccc(N(c3ccc(-c4ccccc4)cc3)c3ccc4c(c3)C3(c5ccccc5Oc5c3ccc3ccccc53)c3ccccc3-4)cc21. The first-order chi connectivity index (χ1) is 28.5. The summed E-state index contributed by atoms with van der Waals surface area (Å²) in [5, 5.41) is 2.29. The Morgan fingerprint density at radius 3 is 1.71 bits per heavy atom. The summed E-state index contributed by atoms with van der Waals surface area (Å²) in [6.07, 6.45) is 0. The molecular formula is C56H39NO. The predicted octanol–water partition coefficient (Wildman–Crippen LogP) is 14.8. The standard InChI is InChI=1S/C56H39NO/c1-55(2)47-20-10-8-18-43(47)45-31-29-40(34-51(45)55)57(39-27-24-37(25-28-39)36-14-4-3-5-15-36)41-30-32-46-44-19-9-11-21-48(44)56(52(46)35-41)49-22-12-13-23-53(49)58-54-42-17-7-6-16-38(42)26-33-50(54)56/h3-35H,1-2H3. The van der Waals surface area contributed by atoms with Crippen molar-refractivity contribution >= 4 is 27.8 Å². The van der Waals surface area contributed by atoms with E-state index in [1.165, 1.54) is 66.6 Å². The number of nitrogens with zero attached hydrogens (tertiary/aromatic N) is 1. The summed E-state index contributed by atoms with van der Waals surface area (Å²) in [5.74, 6) is 1.83. The van der Waals surface area contributed by atoms with Gasteiger partial charge >= 0.3 is 0 Å². The van der Waals surface area contributed by atoms with E-state index in [4.69, 9.17) is 4.74 Å². The molecule has 0 saturated carbocycles. The number of anilines is 3. The zero-order valence-electron chi connectivity index (χ0n) is 32.4. The van der Waals surface area contributed by atoms with E-state index < -0.39 is 5.41 Å². The number of para-hydroxylation sites is 1. The zero-order chi connectivity index (χ0) is 38.6. The maximum Gasteiger partial charge on any atom is 0.140 e. The van der Waals surface area contributed by atoms with Crippen molar-refractivity contribution in [2.45, 2.75) is 24.7 Å². The Balaban J connectivity index is 1.12. The van der Waals surface area contributed by atoms with Gasteiger partial charge in [0.1, 0.15) is 11.5 Å². The Kier molecular flexibility index (Phi) is 6.93. The average Bonchev–Trinajstić information content (AvgIpc) is 3.69. The van der Waals surface area contributed by atoms with Gasteiger partial charge in [-0.1, -0.05) is 172 Å². The first kappa shape index (κ1) is 33.0. The van der Waals surface area contributed by atoms with Crippen molar-refractivity contribution < 1.29 is 4.74 Å². The number of hydrogen-bond donors (Lipinski definition) is 0. The van der Waals surface area contributed by atoms with E-state index in [2.05, 4.69) is 219 Å². The topological polar surface area (TPSA) is 12.5 Å². The number of hydrogen-bond acceptors (Lipinski definition) is 2. The monoisotopic (exact) mass is 741 g/mol. The summed E-state index contributed by atoms with van der Waals surface area (Å²) in [7, 11) is 0. The number of fused-ring (bicyclic) bond motifs is 14. The zero-order valence-corrected chi connectivity index (χ0v) is 32.4. The molecule has 1 atom stereocenters. The molecule has 1 spiro atoms. The first-order valence-electron chi connectivity index (χ1n) is 20.3. The van der Waals surface area contributed by atoms with Crippen LogP contribution in [0.15, 0.2) is 200 Å². The van der Waals surface area contributed by atoms with E-state index in [1.54, 1.807) is 0 Å². The van der Waals surface area contributed by atoms with Crippen LogP contribution in [0, 0.1) is 0 Å². The van der Waals surface area contributed by atoms with Gasteiger partial charge in [0.25, 0.3) is 0 Å². The molecule has 1 unspecified atom stereocenters. The average molecular weight is 742 g/mol. The largest absolute Gasteiger partial charge is 0.456 e. The van der Waals surface area contributed by atoms with Crippen molar-refractivity contribution in [1.29, 1.82) is 0 Å². The Hall–Kier alpha value is -7.16. The van der Waals surface area contributed by atoms with Gasteiger partial charge < -0.3 is 9.64 Å². The van der Waals surface area contributed by atoms with E-state index in [9.17, 15) is 0 Å². The van der Waals surface area contributed by atoms with E-state index in [0.29, 0.717) is 0 Å². The van der Waals surface area contributed by atoms with Gasteiger partial charge in [-0.3, -0.25) is 0 Å². The van der Waals surface area contributed by atoms with Crippen LogP contribution < -0.4 is 9.64 Å². The van der Waals surface area contributed by atoms with Crippen LogP contribution in [0.3, 0.4) is 0 Å². The van der Waals surface area contributed by atoms with Crippen molar-refractivity contribution in [3.8, 4) is 44.9 Å². The van der Waals surface area contributed by atoms with Gasteiger partial charge in [-0.2, -0.15) is 0 Å². The highest BCUT2D eigenvalue weighted by Gasteiger charge is 2.51. The molecule has 12 rings (SSSR count). The molecule has 0 radical (unpaired) electrons. The van der Waals surface area contributed by atoms with Gasteiger partial charge in [0.15, 0.2) is 0 Å². The third kappa shape index (κ3) is 4.49. The normalized spacial score (nSPS) is 16.1. The molecule has 2 aliphatic carbocycles. The quantitative estimate of drug-likeness (QED) is 0.178. The minimum Gasteiger partial charge on any atom is -0.456 e. The molecule has 0 N–H and O–H groups in total. The van der Waals surface area contributed by atoms with Gasteiger partial charge in [-0.05, 0) is 103 Å². The summed E-state index contributed by atoms with van der Waals surface area (Å²) < 4.78 is 6.95. The predicted molar refractivity (Wildman–Crippen MR) is 239 cm³/mol. The number of rotatable bonds is 4. The fourth-order valence-corrected chi connectivity index (χ4v) is 10.5. The molecular weight excluding hydrogens is 703 g/mol. The van der Waals surface area contributed by atoms with Crippen molar-refractivity contribution in [2.24, 2.45) is 0 Å². The Bertz CT molecular complexity index is 3120. The molecule has 0 amide bonds. The molecule has 9 aromatic carbocycles. The van der Waals surface area contributed by atoms with Gasteiger partial charge in [-0.15, -0.1) is 0 Å². The molecule has 0 bridgehead atoms. The fourth-order valence-electron chi connectivity index (χ4n) is 10.5. The van der Waals surface area contributed by atoms with Gasteiger partial charge in [-0.25, -0.2) is 0 Å². The Morgan fingerprint density at radius 1 is 0.379 bits per heavy atom. The summed E-state index contributed by atoms with van der Waals surface area (Å²) in [6, 6.07) is 73.6. The van der Waals surface area contributed by atoms with Crippen LogP contribution in [0.1, 0.15) is 47.2 Å². The summed E-state index contributed by atoms with van der Waals surface area (Å²) in [4.78, 5) is 2.46. The van der Waals surface area contributed by atoms with Crippen LogP contribution in [0.4, 0.5) is 17.1 Å². The molecule has 0 aromatic heterocycles. The molecule has 0 saturated heterocycles. The summed E-state index contributed by atoms with van der Waals surface area (Å²) in [5.41, 5.74) is 17.8. The smallest absolute Gasteiger partial charge is 0.140 e. The molecule has 274 valence electrons. The molecule has 3 aliphatic rings. The van der Waals surface area contributed by atoms with Crippen molar-refractivity contribution in [3.63, 3.8) is 0 Å². The van der Waals surface area contributed by atoms with Crippen molar-refractivity contribution in [2.75, 3.05) is 4.90 Å². The van der Waals surface area contributed by atoms with Crippen LogP contribution in [-0.4, -0.2) is 0 Å². The lowest BCUT2D eigenvalue weighted by Crippen LogP contribution is -2.32. The van der Waals surface area contributed by atoms with E-state index in [-0.39, 0.29) is 5.41 Å². The van der Waals surface area contributed by atoms with Gasteiger partial charge in [0, 0.05) is 39.0 Å². The van der Waals surface area contributed by atoms with Crippen molar-refractivity contribution in [3.05, 3.63) is 234 Å². The van der Waals surface area contributed by atoms with E-state index in [0.717, 1.165) is 39.5 Å². The Morgan fingerprint density at radius 2 is 0.931 bits per heavy atom. The minimum atomic E-state index is -0.597. The molecule has 58 heavy (non-hydrogen) atoms. The minimum absolute atomic E-state index is 0.132. The lowest BCUT2D eigenvalue weighted by atomic mass is 9.65. The summed E-state index contributed by atoms with van der Waals surface area (Å²) >= 11 is 0. The third-order valence-corrected chi connectivity index (χ3v) is 13.1. The van der Waals surface area contributed by atoms with E-state index >= 15 is 0 Å². The van der Waals surface area contributed by atoms with Crippen LogP contribution in [0.5, 0.6) is 11.5 Å². The lowest BCUT2D eigenvalue weighted by molar-refractivity contribution is 0.441. The lowest BCUT2D eigenvalue weighted by Gasteiger charge is -2.40. The first-order valence-corrected chi connectivity index (χ1v) is 20.3. The summed E-state index contributed by atoms with van der Waals surface area (Å²) in [6.45, 7) is 4.72. The molecule has 1 heterocycles. The third-order valence-electron chi connectivity index (χ3n) is 13.1. The highest BCUT2D eigenvalue weighted by atomic mass is 16.5. The molecule has 2 heteroatoms. The Labute approximate surface area is 339 Å². The second kappa shape index (κ2) is 12.2. The van der Waals surface area contributed by atoms with Crippen LogP contribution in [-0.2, 0) is 10.8 Å². The maximum absolute atomic E-state index is 6.95. The second-order valence-corrected chi connectivity index (χ2v) is 16.4. The molecule has 9 aromatic rings. The second-order valence-electron chi connectivity index (χ2n) is 16.4. The van der Waals surface area contributed by atoms with Crippen LogP contribution >= 0.6 is 0 Å². The molecule has 1 aliphatic heterocycles. The highest BCUT2D eigenvalue weighted by Crippen LogP contribution is 2.63. The van der Waals surface area contributed by atoms with Gasteiger partial charge in [0.05, 0.1) is 5.41 Å². The molecule has 2 nitrogen and oxygen atoms in total.